The molecule has 0 aliphatic carbocycles. The lowest BCUT2D eigenvalue weighted by atomic mass is 10.00. The Kier molecular flexibility index (Phi) is 6.09. The molecule has 0 saturated carbocycles. The molecule has 1 N–H and O–H groups in total. The van der Waals surface area contributed by atoms with Gasteiger partial charge in [-0.05, 0) is 66.4 Å². The summed E-state index contributed by atoms with van der Waals surface area (Å²) < 4.78 is 5.61. The highest BCUT2D eigenvalue weighted by molar-refractivity contribution is 7.07. The molecule has 3 heteroatoms. The molecule has 0 aliphatic heterocycles. The van der Waals surface area contributed by atoms with Gasteiger partial charge in [0.05, 0.1) is 6.61 Å². The monoisotopic (exact) mass is 289 g/mol. The maximum Gasteiger partial charge on any atom is 0.119 e. The van der Waals surface area contributed by atoms with Gasteiger partial charge in [-0.15, -0.1) is 0 Å². The minimum Gasteiger partial charge on any atom is -0.494 e. The Balaban J connectivity index is 2.14. The summed E-state index contributed by atoms with van der Waals surface area (Å²) in [7, 11) is 0. The minimum atomic E-state index is 0.352. The second-order valence-electron chi connectivity index (χ2n) is 4.85. The Hall–Kier alpha value is -1.32. The highest BCUT2D eigenvalue weighted by Gasteiger charge is 2.12. The molecule has 1 aromatic heterocycles. The van der Waals surface area contributed by atoms with Gasteiger partial charge in [-0.3, -0.25) is 0 Å². The van der Waals surface area contributed by atoms with Crippen LogP contribution in [0, 0.1) is 0 Å². The zero-order valence-electron chi connectivity index (χ0n) is 12.3. The lowest BCUT2D eigenvalue weighted by molar-refractivity contribution is 0.339. The van der Waals surface area contributed by atoms with Crippen molar-refractivity contribution in [1.29, 1.82) is 0 Å². The van der Waals surface area contributed by atoms with Crippen molar-refractivity contribution in [3.8, 4) is 5.75 Å². The van der Waals surface area contributed by atoms with E-state index in [1.165, 1.54) is 11.1 Å². The van der Waals surface area contributed by atoms with Gasteiger partial charge in [0.15, 0.2) is 0 Å². The third-order valence-electron chi connectivity index (χ3n) is 3.23. The maximum atomic E-state index is 5.61. The van der Waals surface area contributed by atoms with Crippen molar-refractivity contribution in [2.75, 3.05) is 13.2 Å². The molecule has 0 fully saturated rings. The van der Waals surface area contributed by atoms with Crippen LogP contribution in [-0.4, -0.2) is 13.2 Å². The van der Waals surface area contributed by atoms with E-state index in [9.17, 15) is 0 Å². The van der Waals surface area contributed by atoms with E-state index in [4.69, 9.17) is 4.74 Å². The van der Waals surface area contributed by atoms with Gasteiger partial charge in [-0.25, -0.2) is 0 Å². The predicted molar refractivity (Wildman–Crippen MR) is 86.7 cm³/mol. The van der Waals surface area contributed by atoms with Crippen LogP contribution in [0.15, 0.2) is 41.1 Å². The fourth-order valence-electron chi connectivity index (χ4n) is 2.26. The highest BCUT2D eigenvalue weighted by atomic mass is 32.1. The van der Waals surface area contributed by atoms with Crippen LogP contribution in [0.4, 0.5) is 0 Å². The Bertz CT molecular complexity index is 495. The number of thiophene rings is 1. The summed E-state index contributed by atoms with van der Waals surface area (Å²) in [6.45, 7) is 5.96. The SMILES string of the molecule is CCCNC(Cc1ccsc1)c1cccc(OCC)c1. The summed E-state index contributed by atoms with van der Waals surface area (Å²) in [6, 6.07) is 11.0. The van der Waals surface area contributed by atoms with Crippen molar-refractivity contribution in [3.63, 3.8) is 0 Å². The number of ether oxygens (including phenoxy) is 1. The zero-order chi connectivity index (χ0) is 14.2. The van der Waals surface area contributed by atoms with Crippen LogP contribution in [0.25, 0.3) is 0 Å². The van der Waals surface area contributed by atoms with E-state index >= 15 is 0 Å². The first-order chi connectivity index (χ1) is 9.83. The Morgan fingerprint density at radius 1 is 1.25 bits per heavy atom. The van der Waals surface area contributed by atoms with Crippen molar-refractivity contribution < 1.29 is 4.74 Å². The van der Waals surface area contributed by atoms with E-state index in [1.807, 2.05) is 13.0 Å². The normalized spacial score (nSPS) is 12.3. The molecular formula is C17H23NOS. The lowest BCUT2D eigenvalue weighted by Crippen LogP contribution is -2.24. The average molecular weight is 289 g/mol. The van der Waals surface area contributed by atoms with Gasteiger partial charge in [0.2, 0.25) is 0 Å². The summed E-state index contributed by atoms with van der Waals surface area (Å²) in [6.07, 6.45) is 2.17. The first kappa shape index (κ1) is 15.1. The fourth-order valence-corrected chi connectivity index (χ4v) is 2.94. The number of rotatable bonds is 8. The summed E-state index contributed by atoms with van der Waals surface area (Å²) in [5, 5.41) is 8.01. The second kappa shape index (κ2) is 8.08. The van der Waals surface area contributed by atoms with Crippen LogP contribution in [0.2, 0.25) is 0 Å². The quantitative estimate of drug-likeness (QED) is 0.776. The van der Waals surface area contributed by atoms with Gasteiger partial charge < -0.3 is 10.1 Å². The number of benzene rings is 1. The zero-order valence-corrected chi connectivity index (χ0v) is 13.1. The van der Waals surface area contributed by atoms with Crippen LogP contribution in [0.1, 0.15) is 37.4 Å². The molecule has 0 amide bonds. The summed E-state index contributed by atoms with van der Waals surface area (Å²) in [5.74, 6) is 0.957. The first-order valence-electron chi connectivity index (χ1n) is 7.30. The lowest BCUT2D eigenvalue weighted by Gasteiger charge is -2.19. The van der Waals surface area contributed by atoms with Crippen molar-refractivity contribution >= 4 is 11.3 Å². The van der Waals surface area contributed by atoms with E-state index in [0.717, 1.165) is 25.1 Å². The van der Waals surface area contributed by atoms with Crippen molar-refractivity contribution in [1.82, 2.24) is 5.32 Å². The summed E-state index contributed by atoms with van der Waals surface area (Å²) >= 11 is 1.76. The van der Waals surface area contributed by atoms with Gasteiger partial charge in [-0.2, -0.15) is 11.3 Å². The number of hydrogen-bond donors (Lipinski definition) is 1. The number of nitrogens with one attached hydrogen (secondary N) is 1. The van der Waals surface area contributed by atoms with Gasteiger partial charge in [0, 0.05) is 6.04 Å². The third kappa shape index (κ3) is 4.36. The van der Waals surface area contributed by atoms with Crippen LogP contribution in [0.5, 0.6) is 5.75 Å². The fraction of sp³-hybridized carbons (Fsp3) is 0.412. The standard InChI is InChI=1S/C17H23NOS/c1-3-9-18-17(11-14-8-10-20-13-14)15-6-5-7-16(12-15)19-4-2/h5-8,10,12-13,17-18H,3-4,9,11H2,1-2H3. The molecule has 20 heavy (non-hydrogen) atoms. The molecule has 2 nitrogen and oxygen atoms in total. The molecule has 0 radical (unpaired) electrons. The van der Waals surface area contributed by atoms with Crippen molar-refractivity contribution in [2.24, 2.45) is 0 Å². The molecule has 2 rings (SSSR count). The molecule has 1 aromatic carbocycles. The molecule has 0 saturated heterocycles. The largest absolute Gasteiger partial charge is 0.494 e. The summed E-state index contributed by atoms with van der Waals surface area (Å²) in [5.41, 5.74) is 2.70. The van der Waals surface area contributed by atoms with Crippen molar-refractivity contribution in [2.45, 2.75) is 32.7 Å². The molecular weight excluding hydrogens is 266 g/mol. The van der Waals surface area contributed by atoms with E-state index in [0.29, 0.717) is 12.6 Å². The van der Waals surface area contributed by atoms with Gasteiger partial charge in [-0.1, -0.05) is 19.1 Å². The van der Waals surface area contributed by atoms with E-state index in [1.54, 1.807) is 11.3 Å². The molecule has 1 unspecified atom stereocenters. The molecule has 108 valence electrons. The smallest absolute Gasteiger partial charge is 0.119 e. The van der Waals surface area contributed by atoms with Crippen LogP contribution < -0.4 is 10.1 Å². The van der Waals surface area contributed by atoms with E-state index in [-0.39, 0.29) is 0 Å². The molecule has 1 atom stereocenters. The Morgan fingerprint density at radius 3 is 2.85 bits per heavy atom. The Labute approximate surface area is 125 Å². The second-order valence-corrected chi connectivity index (χ2v) is 5.63. The average Bonchev–Trinajstić information content (AvgIpc) is 2.97. The van der Waals surface area contributed by atoms with E-state index < -0.39 is 0 Å². The molecule has 1 heterocycles. The maximum absolute atomic E-state index is 5.61. The topological polar surface area (TPSA) is 21.3 Å². The van der Waals surface area contributed by atoms with Crippen LogP contribution in [0.3, 0.4) is 0 Å². The van der Waals surface area contributed by atoms with Crippen molar-refractivity contribution in [3.05, 3.63) is 52.2 Å². The predicted octanol–water partition coefficient (Wildman–Crippen LogP) is 4.43. The van der Waals surface area contributed by atoms with Crippen LogP contribution in [-0.2, 0) is 6.42 Å². The number of hydrogen-bond acceptors (Lipinski definition) is 3. The van der Waals surface area contributed by atoms with Gasteiger partial charge >= 0.3 is 0 Å². The third-order valence-corrected chi connectivity index (χ3v) is 3.96. The Morgan fingerprint density at radius 2 is 2.15 bits per heavy atom. The first-order valence-corrected chi connectivity index (χ1v) is 8.25. The van der Waals surface area contributed by atoms with Gasteiger partial charge in [0.1, 0.15) is 5.75 Å². The van der Waals surface area contributed by atoms with Crippen LogP contribution >= 0.6 is 11.3 Å². The van der Waals surface area contributed by atoms with E-state index in [2.05, 4.69) is 47.3 Å². The molecule has 0 aliphatic rings. The molecule has 2 aromatic rings. The molecule has 0 bridgehead atoms. The molecule has 0 spiro atoms. The summed E-state index contributed by atoms with van der Waals surface area (Å²) in [4.78, 5) is 0. The highest BCUT2D eigenvalue weighted by Crippen LogP contribution is 2.23. The minimum absolute atomic E-state index is 0.352. The van der Waals surface area contributed by atoms with Gasteiger partial charge in [0.25, 0.3) is 0 Å².